The van der Waals surface area contributed by atoms with E-state index < -0.39 is 5.60 Å². The first-order chi connectivity index (χ1) is 11.6. The van der Waals surface area contributed by atoms with Gasteiger partial charge in [0.15, 0.2) is 0 Å². The van der Waals surface area contributed by atoms with Crippen LogP contribution in [-0.4, -0.2) is 40.3 Å². The zero-order chi connectivity index (χ0) is 16.1. The van der Waals surface area contributed by atoms with Gasteiger partial charge in [-0.3, -0.25) is 4.90 Å². The van der Waals surface area contributed by atoms with Crippen molar-refractivity contribution < 1.29 is 9.90 Å². The number of para-hydroxylation sites is 1. The summed E-state index contributed by atoms with van der Waals surface area (Å²) in [4.78, 5) is 17.5. The number of anilines is 1. The molecule has 3 unspecified atom stereocenters. The molecule has 2 heterocycles. The van der Waals surface area contributed by atoms with Crippen LogP contribution < -0.4 is 4.90 Å². The van der Waals surface area contributed by atoms with Gasteiger partial charge >= 0.3 is 6.03 Å². The lowest BCUT2D eigenvalue weighted by molar-refractivity contribution is -0.152. The molecule has 1 saturated heterocycles. The van der Waals surface area contributed by atoms with Crippen molar-refractivity contribution in [2.75, 3.05) is 11.4 Å². The Hall–Kier alpha value is -1.55. The number of urea groups is 1. The topological polar surface area (TPSA) is 43.8 Å². The standard InChI is InChI=1S/C20H24N2O2/c23-19-21(11-16-7-13-3-1-2-4-17(13)22(16)19)18-14-5-12-6-15(18)10-20(24,8-12)9-14/h1-4,12,14-16,18,24H,5-11H2. The van der Waals surface area contributed by atoms with E-state index in [1.807, 2.05) is 6.07 Å². The number of fused-ring (bicyclic) bond motifs is 3. The highest BCUT2D eigenvalue weighted by molar-refractivity contribution is 5.97. The summed E-state index contributed by atoms with van der Waals surface area (Å²) in [6.45, 7) is 0.869. The maximum absolute atomic E-state index is 13.2. The fraction of sp³-hybridized carbons (Fsp3) is 0.650. The number of carbonyl (C=O) groups is 1. The van der Waals surface area contributed by atoms with Gasteiger partial charge in [0.05, 0.1) is 11.6 Å². The first-order valence-corrected chi connectivity index (χ1v) is 9.51. The zero-order valence-corrected chi connectivity index (χ0v) is 13.9. The summed E-state index contributed by atoms with van der Waals surface area (Å²) in [5.41, 5.74) is 2.02. The molecule has 1 aromatic carbocycles. The second-order valence-electron chi connectivity index (χ2n) is 8.98. The van der Waals surface area contributed by atoms with E-state index in [1.54, 1.807) is 0 Å². The molecule has 1 aromatic rings. The molecule has 0 radical (unpaired) electrons. The van der Waals surface area contributed by atoms with Gasteiger partial charge in [0.2, 0.25) is 0 Å². The average Bonchev–Trinajstić information content (AvgIpc) is 3.03. The van der Waals surface area contributed by atoms with Crippen LogP contribution in [0.15, 0.2) is 24.3 Å². The van der Waals surface area contributed by atoms with Crippen LogP contribution in [0, 0.1) is 17.8 Å². The molecule has 126 valence electrons. The Kier molecular flexibility index (Phi) is 2.48. The molecule has 4 nitrogen and oxygen atoms in total. The Balaban J connectivity index is 1.33. The van der Waals surface area contributed by atoms with E-state index in [2.05, 4.69) is 28.0 Å². The summed E-state index contributed by atoms with van der Waals surface area (Å²) in [6, 6.07) is 9.26. The lowest BCUT2D eigenvalue weighted by Crippen LogP contribution is -2.62. The molecular formula is C20H24N2O2. The number of rotatable bonds is 1. The van der Waals surface area contributed by atoms with E-state index in [0.29, 0.717) is 29.8 Å². The first kappa shape index (κ1) is 13.7. The van der Waals surface area contributed by atoms with Crippen molar-refractivity contribution in [3.8, 4) is 0 Å². The minimum absolute atomic E-state index is 0.217. The summed E-state index contributed by atoms with van der Waals surface area (Å²) in [6.07, 6.45) is 6.25. The van der Waals surface area contributed by atoms with Crippen molar-refractivity contribution in [3.05, 3.63) is 29.8 Å². The number of amides is 2. The quantitative estimate of drug-likeness (QED) is 0.863. The summed E-state index contributed by atoms with van der Waals surface area (Å²) in [5.74, 6) is 1.72. The molecule has 2 aliphatic heterocycles. The van der Waals surface area contributed by atoms with Crippen molar-refractivity contribution in [2.24, 2.45) is 17.8 Å². The van der Waals surface area contributed by atoms with Gasteiger partial charge in [-0.15, -0.1) is 0 Å². The average molecular weight is 324 g/mol. The molecule has 7 rings (SSSR count). The van der Waals surface area contributed by atoms with E-state index in [0.717, 1.165) is 37.9 Å². The van der Waals surface area contributed by atoms with E-state index in [1.165, 1.54) is 18.4 Å². The fourth-order valence-electron chi connectivity index (χ4n) is 7.02. The third-order valence-corrected chi connectivity index (χ3v) is 7.48. The Labute approximate surface area is 142 Å². The molecule has 6 aliphatic rings. The van der Waals surface area contributed by atoms with E-state index in [4.69, 9.17) is 0 Å². The largest absolute Gasteiger partial charge is 0.390 e. The lowest BCUT2D eigenvalue weighted by atomic mass is 9.52. The van der Waals surface area contributed by atoms with Crippen molar-refractivity contribution in [1.82, 2.24) is 4.90 Å². The van der Waals surface area contributed by atoms with Crippen molar-refractivity contribution in [2.45, 2.75) is 56.2 Å². The Morgan fingerprint density at radius 2 is 1.83 bits per heavy atom. The van der Waals surface area contributed by atoms with E-state index in [-0.39, 0.29) is 6.03 Å². The lowest BCUT2D eigenvalue weighted by Gasteiger charge is -2.59. The molecule has 2 amide bonds. The second-order valence-corrected chi connectivity index (χ2v) is 8.98. The normalized spacial score (nSPS) is 45.0. The van der Waals surface area contributed by atoms with Crippen LogP contribution in [0.25, 0.3) is 0 Å². The molecule has 4 heteroatoms. The van der Waals surface area contributed by atoms with Gasteiger partial charge in [0, 0.05) is 18.3 Å². The Morgan fingerprint density at radius 3 is 2.58 bits per heavy atom. The summed E-state index contributed by atoms with van der Waals surface area (Å²) in [7, 11) is 0. The Morgan fingerprint density at radius 1 is 1.08 bits per heavy atom. The summed E-state index contributed by atoms with van der Waals surface area (Å²) in [5, 5.41) is 10.8. The molecular weight excluding hydrogens is 300 g/mol. The molecule has 24 heavy (non-hydrogen) atoms. The number of hydrogen-bond acceptors (Lipinski definition) is 2. The second kappa shape index (κ2) is 4.34. The molecule has 5 fully saturated rings. The van der Waals surface area contributed by atoms with Crippen molar-refractivity contribution in [3.63, 3.8) is 0 Å². The van der Waals surface area contributed by atoms with Gasteiger partial charge in [-0.2, -0.15) is 0 Å². The maximum Gasteiger partial charge on any atom is 0.325 e. The number of carbonyl (C=O) groups excluding carboxylic acids is 1. The summed E-state index contributed by atoms with van der Waals surface area (Å²) < 4.78 is 0. The van der Waals surface area contributed by atoms with Gasteiger partial charge in [0.1, 0.15) is 0 Å². The fourth-order valence-corrected chi connectivity index (χ4v) is 7.02. The predicted molar refractivity (Wildman–Crippen MR) is 90.8 cm³/mol. The highest BCUT2D eigenvalue weighted by Gasteiger charge is 2.59. The SMILES string of the molecule is O=C1N(C2C3CC4CC2CC(O)(C4)C3)CC2Cc3ccccc3N12. The number of aliphatic hydroxyl groups is 1. The highest BCUT2D eigenvalue weighted by atomic mass is 16.3. The third-order valence-electron chi connectivity index (χ3n) is 7.48. The molecule has 4 saturated carbocycles. The number of benzene rings is 1. The van der Waals surface area contributed by atoms with Crippen molar-refractivity contribution in [1.29, 1.82) is 0 Å². The van der Waals surface area contributed by atoms with Crippen LogP contribution in [0.3, 0.4) is 0 Å². The van der Waals surface area contributed by atoms with Crippen LogP contribution in [-0.2, 0) is 6.42 Å². The van der Waals surface area contributed by atoms with Crippen LogP contribution in [0.1, 0.15) is 37.7 Å². The molecule has 1 N–H and O–H groups in total. The van der Waals surface area contributed by atoms with Crippen LogP contribution >= 0.6 is 0 Å². The van der Waals surface area contributed by atoms with Crippen LogP contribution in [0.2, 0.25) is 0 Å². The molecule has 4 aliphatic carbocycles. The smallest absolute Gasteiger partial charge is 0.325 e. The minimum Gasteiger partial charge on any atom is -0.390 e. The summed E-state index contributed by atoms with van der Waals surface area (Å²) >= 11 is 0. The van der Waals surface area contributed by atoms with Gasteiger partial charge in [-0.05, 0) is 67.9 Å². The molecule has 3 atom stereocenters. The highest BCUT2D eigenvalue weighted by Crippen LogP contribution is 2.57. The van der Waals surface area contributed by atoms with E-state index in [9.17, 15) is 9.90 Å². The van der Waals surface area contributed by atoms with Gasteiger partial charge in [0.25, 0.3) is 0 Å². The van der Waals surface area contributed by atoms with E-state index >= 15 is 0 Å². The number of nitrogens with zero attached hydrogens (tertiary/aromatic N) is 2. The predicted octanol–water partition coefficient (Wildman–Crippen LogP) is 2.79. The Bertz CT molecular complexity index is 716. The van der Waals surface area contributed by atoms with Gasteiger partial charge in [-0.25, -0.2) is 4.79 Å². The molecule has 0 aromatic heterocycles. The molecule has 4 bridgehead atoms. The monoisotopic (exact) mass is 324 g/mol. The number of hydrogen-bond donors (Lipinski definition) is 1. The maximum atomic E-state index is 13.2. The van der Waals surface area contributed by atoms with Gasteiger partial charge in [-0.1, -0.05) is 18.2 Å². The van der Waals surface area contributed by atoms with Crippen molar-refractivity contribution >= 4 is 11.7 Å². The first-order valence-electron chi connectivity index (χ1n) is 9.51. The van der Waals surface area contributed by atoms with Crippen LogP contribution in [0.4, 0.5) is 10.5 Å². The minimum atomic E-state index is -0.418. The molecule has 0 spiro atoms. The van der Waals surface area contributed by atoms with Gasteiger partial charge < -0.3 is 10.0 Å². The third kappa shape index (κ3) is 1.65. The van der Waals surface area contributed by atoms with Crippen LogP contribution in [0.5, 0.6) is 0 Å². The zero-order valence-electron chi connectivity index (χ0n) is 13.9.